The molecule has 2 nitrogen and oxygen atoms in total. The van der Waals surface area contributed by atoms with Gasteiger partial charge < -0.3 is 5.32 Å². The van der Waals surface area contributed by atoms with Crippen LogP contribution in [0.3, 0.4) is 0 Å². The van der Waals surface area contributed by atoms with Crippen LogP contribution in [0.25, 0.3) is 0 Å². The highest BCUT2D eigenvalue weighted by Gasteiger charge is 2.07. The van der Waals surface area contributed by atoms with Crippen LogP contribution in [0.15, 0.2) is 42.7 Å². The summed E-state index contributed by atoms with van der Waals surface area (Å²) in [5.74, 6) is 0.588. The van der Waals surface area contributed by atoms with Gasteiger partial charge in [-0.25, -0.2) is 0 Å². The van der Waals surface area contributed by atoms with E-state index >= 15 is 0 Å². The van der Waals surface area contributed by atoms with E-state index in [9.17, 15) is 0 Å². The SMILES string of the molecule is Cc1ccncc1CNC(C)c1ccc(C(C)C)cc1. The summed E-state index contributed by atoms with van der Waals surface area (Å²) in [7, 11) is 0. The molecule has 0 aliphatic rings. The standard InChI is InChI=1S/C18H24N2/c1-13(2)16-5-7-17(8-6-16)15(4)20-12-18-11-19-10-9-14(18)3/h5-11,13,15,20H,12H2,1-4H3. The minimum absolute atomic E-state index is 0.343. The Morgan fingerprint density at radius 3 is 2.25 bits per heavy atom. The number of nitrogens with zero attached hydrogens (tertiary/aromatic N) is 1. The summed E-state index contributed by atoms with van der Waals surface area (Å²) in [4.78, 5) is 4.19. The number of aromatic nitrogens is 1. The van der Waals surface area contributed by atoms with Crippen molar-refractivity contribution in [2.24, 2.45) is 0 Å². The fourth-order valence-corrected chi connectivity index (χ4v) is 2.23. The second kappa shape index (κ2) is 6.67. The number of benzene rings is 1. The Kier molecular flexibility index (Phi) is 4.91. The summed E-state index contributed by atoms with van der Waals surface area (Å²) < 4.78 is 0. The third kappa shape index (κ3) is 3.67. The largest absolute Gasteiger partial charge is 0.306 e. The van der Waals surface area contributed by atoms with Gasteiger partial charge in [-0.15, -0.1) is 0 Å². The first-order valence-electron chi connectivity index (χ1n) is 7.30. The van der Waals surface area contributed by atoms with Crippen LogP contribution in [0, 0.1) is 6.92 Å². The molecule has 1 aromatic carbocycles. The molecule has 0 spiro atoms. The Bertz CT molecular complexity index is 544. The van der Waals surface area contributed by atoms with Gasteiger partial charge in [-0.1, -0.05) is 38.1 Å². The highest BCUT2D eigenvalue weighted by Crippen LogP contribution is 2.19. The lowest BCUT2D eigenvalue weighted by Gasteiger charge is -2.16. The minimum atomic E-state index is 0.343. The molecule has 2 heteroatoms. The maximum Gasteiger partial charge on any atom is 0.0315 e. The van der Waals surface area contributed by atoms with Crippen molar-refractivity contribution in [1.29, 1.82) is 0 Å². The zero-order valence-corrected chi connectivity index (χ0v) is 12.9. The summed E-state index contributed by atoms with van der Waals surface area (Å²) in [6.45, 7) is 9.63. The van der Waals surface area contributed by atoms with Crippen LogP contribution in [0.4, 0.5) is 0 Å². The Morgan fingerprint density at radius 2 is 1.65 bits per heavy atom. The van der Waals surface area contributed by atoms with Gasteiger partial charge in [0.15, 0.2) is 0 Å². The van der Waals surface area contributed by atoms with Crippen LogP contribution >= 0.6 is 0 Å². The summed E-state index contributed by atoms with van der Waals surface area (Å²) in [5.41, 5.74) is 5.27. The highest BCUT2D eigenvalue weighted by molar-refractivity contribution is 5.27. The third-order valence-corrected chi connectivity index (χ3v) is 3.85. The van der Waals surface area contributed by atoms with Gasteiger partial charge in [0.05, 0.1) is 0 Å². The average Bonchev–Trinajstić information content (AvgIpc) is 2.46. The lowest BCUT2D eigenvalue weighted by molar-refractivity contribution is 0.572. The second-order valence-electron chi connectivity index (χ2n) is 5.73. The molecule has 1 unspecified atom stereocenters. The minimum Gasteiger partial charge on any atom is -0.306 e. The van der Waals surface area contributed by atoms with E-state index in [1.807, 2.05) is 12.4 Å². The molecular weight excluding hydrogens is 244 g/mol. The van der Waals surface area contributed by atoms with Crippen LogP contribution in [-0.2, 0) is 6.54 Å². The van der Waals surface area contributed by atoms with Crippen molar-refractivity contribution in [2.45, 2.75) is 46.2 Å². The smallest absolute Gasteiger partial charge is 0.0315 e. The monoisotopic (exact) mass is 268 g/mol. The number of pyridine rings is 1. The number of aryl methyl sites for hydroxylation is 1. The molecule has 20 heavy (non-hydrogen) atoms. The van der Waals surface area contributed by atoms with Crippen LogP contribution < -0.4 is 5.32 Å². The summed E-state index contributed by atoms with van der Waals surface area (Å²) in [6, 6.07) is 11.3. The molecule has 2 rings (SSSR count). The maximum atomic E-state index is 4.19. The molecule has 106 valence electrons. The van der Waals surface area contributed by atoms with Crippen molar-refractivity contribution in [2.75, 3.05) is 0 Å². The van der Waals surface area contributed by atoms with Gasteiger partial charge in [0.2, 0.25) is 0 Å². The van der Waals surface area contributed by atoms with E-state index in [1.54, 1.807) is 0 Å². The van der Waals surface area contributed by atoms with Gasteiger partial charge in [-0.2, -0.15) is 0 Å². The Morgan fingerprint density at radius 1 is 1.00 bits per heavy atom. The van der Waals surface area contributed by atoms with Crippen molar-refractivity contribution >= 4 is 0 Å². The first-order chi connectivity index (χ1) is 9.58. The summed E-state index contributed by atoms with van der Waals surface area (Å²) >= 11 is 0. The van der Waals surface area contributed by atoms with Gasteiger partial charge in [0.25, 0.3) is 0 Å². The van der Waals surface area contributed by atoms with E-state index in [1.165, 1.54) is 22.3 Å². The Balaban J connectivity index is 1.98. The molecule has 0 saturated heterocycles. The van der Waals surface area contributed by atoms with Crippen molar-refractivity contribution in [3.8, 4) is 0 Å². The van der Waals surface area contributed by atoms with Gasteiger partial charge in [-0.3, -0.25) is 4.98 Å². The molecule has 1 atom stereocenters. The van der Waals surface area contributed by atoms with Crippen molar-refractivity contribution in [3.05, 3.63) is 65.0 Å². The number of nitrogens with one attached hydrogen (secondary N) is 1. The zero-order chi connectivity index (χ0) is 14.5. The fourth-order valence-electron chi connectivity index (χ4n) is 2.23. The normalized spacial score (nSPS) is 12.7. The molecule has 0 fully saturated rings. The van der Waals surface area contributed by atoms with Gasteiger partial charge in [0, 0.05) is 25.0 Å². The average molecular weight is 268 g/mol. The number of hydrogen-bond acceptors (Lipinski definition) is 2. The van der Waals surface area contributed by atoms with Crippen LogP contribution in [0.1, 0.15) is 55.0 Å². The third-order valence-electron chi connectivity index (χ3n) is 3.85. The molecular formula is C18H24N2. The molecule has 1 aromatic heterocycles. The lowest BCUT2D eigenvalue weighted by atomic mass is 9.99. The molecule has 0 amide bonds. The number of rotatable bonds is 5. The predicted molar refractivity (Wildman–Crippen MR) is 84.8 cm³/mol. The van der Waals surface area contributed by atoms with Crippen LogP contribution in [0.2, 0.25) is 0 Å². The van der Waals surface area contributed by atoms with Crippen molar-refractivity contribution in [1.82, 2.24) is 10.3 Å². The highest BCUT2D eigenvalue weighted by atomic mass is 14.9. The molecule has 1 heterocycles. The van der Waals surface area contributed by atoms with E-state index in [-0.39, 0.29) is 0 Å². The van der Waals surface area contributed by atoms with E-state index in [4.69, 9.17) is 0 Å². The Hall–Kier alpha value is -1.67. The molecule has 0 saturated carbocycles. The van der Waals surface area contributed by atoms with Gasteiger partial charge >= 0.3 is 0 Å². The van der Waals surface area contributed by atoms with Crippen LogP contribution in [0.5, 0.6) is 0 Å². The quantitative estimate of drug-likeness (QED) is 0.871. The summed E-state index contributed by atoms with van der Waals surface area (Å²) in [5, 5.41) is 3.56. The van der Waals surface area contributed by atoms with E-state index in [0.29, 0.717) is 12.0 Å². The zero-order valence-electron chi connectivity index (χ0n) is 12.9. The van der Waals surface area contributed by atoms with Crippen molar-refractivity contribution < 1.29 is 0 Å². The summed E-state index contributed by atoms with van der Waals surface area (Å²) in [6.07, 6.45) is 3.78. The predicted octanol–water partition coefficient (Wildman–Crippen LogP) is 4.36. The fraction of sp³-hybridized carbons (Fsp3) is 0.389. The van der Waals surface area contributed by atoms with Gasteiger partial charge in [-0.05, 0) is 48.1 Å². The molecule has 0 bridgehead atoms. The Labute approximate surface area is 122 Å². The van der Waals surface area contributed by atoms with Gasteiger partial charge in [0.1, 0.15) is 0 Å². The second-order valence-corrected chi connectivity index (χ2v) is 5.73. The van der Waals surface area contributed by atoms with E-state index < -0.39 is 0 Å². The topological polar surface area (TPSA) is 24.9 Å². The van der Waals surface area contributed by atoms with E-state index in [2.05, 4.69) is 68.3 Å². The lowest BCUT2D eigenvalue weighted by Crippen LogP contribution is -2.18. The molecule has 2 aromatic rings. The first kappa shape index (κ1) is 14.7. The maximum absolute atomic E-state index is 4.19. The molecule has 0 aliphatic heterocycles. The molecule has 0 aliphatic carbocycles. The van der Waals surface area contributed by atoms with Crippen molar-refractivity contribution in [3.63, 3.8) is 0 Å². The molecule has 1 N–H and O–H groups in total. The number of hydrogen-bond donors (Lipinski definition) is 1. The first-order valence-corrected chi connectivity index (χ1v) is 7.30. The van der Waals surface area contributed by atoms with E-state index in [0.717, 1.165) is 6.54 Å². The molecule has 0 radical (unpaired) electrons. The van der Waals surface area contributed by atoms with Crippen LogP contribution in [-0.4, -0.2) is 4.98 Å².